The Morgan fingerprint density at radius 3 is 2.93 bits per heavy atom. The molecule has 0 saturated heterocycles. The van der Waals surface area contributed by atoms with Gasteiger partial charge in [0.2, 0.25) is 5.91 Å². The first-order valence-corrected chi connectivity index (χ1v) is 4.96. The molecular formula is C8H11BrN4O. The SMILES string of the molecule is CCc1nc(Br)cc(NCC(N)=O)n1. The minimum atomic E-state index is -0.419. The molecule has 0 saturated carbocycles. The molecule has 1 rings (SSSR count). The molecule has 1 aromatic heterocycles. The molecule has 0 aliphatic rings. The average molecular weight is 259 g/mol. The van der Waals surface area contributed by atoms with Gasteiger partial charge >= 0.3 is 0 Å². The number of aromatic nitrogens is 2. The smallest absolute Gasteiger partial charge is 0.236 e. The van der Waals surface area contributed by atoms with E-state index in [2.05, 4.69) is 31.2 Å². The molecule has 1 amide bonds. The van der Waals surface area contributed by atoms with Crippen LogP contribution in [-0.2, 0) is 11.2 Å². The summed E-state index contributed by atoms with van der Waals surface area (Å²) in [4.78, 5) is 18.8. The quantitative estimate of drug-likeness (QED) is 0.780. The summed E-state index contributed by atoms with van der Waals surface area (Å²) in [6, 6.07) is 1.70. The third-order valence-corrected chi connectivity index (χ3v) is 1.91. The highest BCUT2D eigenvalue weighted by atomic mass is 79.9. The highest BCUT2D eigenvalue weighted by molar-refractivity contribution is 9.10. The fraction of sp³-hybridized carbons (Fsp3) is 0.375. The lowest BCUT2D eigenvalue weighted by Crippen LogP contribution is -2.22. The first-order valence-electron chi connectivity index (χ1n) is 4.17. The van der Waals surface area contributed by atoms with Crippen molar-refractivity contribution in [1.82, 2.24) is 9.97 Å². The van der Waals surface area contributed by atoms with Gasteiger partial charge in [-0.1, -0.05) is 6.92 Å². The number of hydrogen-bond acceptors (Lipinski definition) is 4. The topological polar surface area (TPSA) is 80.9 Å². The van der Waals surface area contributed by atoms with Gasteiger partial charge in [0.05, 0.1) is 6.54 Å². The van der Waals surface area contributed by atoms with Gasteiger partial charge < -0.3 is 11.1 Å². The maximum atomic E-state index is 10.5. The van der Waals surface area contributed by atoms with Crippen molar-refractivity contribution in [1.29, 1.82) is 0 Å². The average Bonchev–Trinajstić information content (AvgIpc) is 2.14. The Morgan fingerprint density at radius 2 is 2.36 bits per heavy atom. The number of halogens is 1. The zero-order valence-corrected chi connectivity index (χ0v) is 9.34. The number of hydrogen-bond donors (Lipinski definition) is 2. The van der Waals surface area contributed by atoms with Crippen molar-refractivity contribution < 1.29 is 4.79 Å². The van der Waals surface area contributed by atoms with E-state index < -0.39 is 5.91 Å². The predicted molar refractivity (Wildman–Crippen MR) is 56.8 cm³/mol. The minimum absolute atomic E-state index is 0.0760. The van der Waals surface area contributed by atoms with Gasteiger partial charge in [0.1, 0.15) is 16.2 Å². The van der Waals surface area contributed by atoms with Gasteiger partial charge in [-0.05, 0) is 15.9 Å². The number of amides is 1. The van der Waals surface area contributed by atoms with Crippen molar-refractivity contribution >= 4 is 27.7 Å². The summed E-state index contributed by atoms with van der Waals surface area (Å²) in [7, 11) is 0. The summed E-state index contributed by atoms with van der Waals surface area (Å²) in [6.45, 7) is 2.03. The van der Waals surface area contributed by atoms with Crippen LogP contribution in [0.4, 0.5) is 5.82 Å². The van der Waals surface area contributed by atoms with E-state index in [0.717, 1.165) is 6.42 Å². The molecule has 0 atom stereocenters. The number of carbonyl (C=O) groups is 1. The molecular weight excluding hydrogens is 248 g/mol. The normalized spacial score (nSPS) is 9.86. The monoisotopic (exact) mass is 258 g/mol. The molecule has 0 unspecified atom stereocenters. The highest BCUT2D eigenvalue weighted by Crippen LogP contribution is 2.12. The third kappa shape index (κ3) is 3.29. The maximum Gasteiger partial charge on any atom is 0.236 e. The van der Waals surface area contributed by atoms with Crippen LogP contribution in [-0.4, -0.2) is 22.4 Å². The molecule has 0 radical (unpaired) electrons. The Labute approximate surface area is 90.2 Å². The van der Waals surface area contributed by atoms with Gasteiger partial charge in [0.15, 0.2) is 0 Å². The van der Waals surface area contributed by atoms with Crippen molar-refractivity contribution in [3.63, 3.8) is 0 Å². The van der Waals surface area contributed by atoms with Gasteiger partial charge in [-0.25, -0.2) is 9.97 Å². The lowest BCUT2D eigenvalue weighted by atomic mass is 10.4. The van der Waals surface area contributed by atoms with Gasteiger partial charge in [-0.3, -0.25) is 4.79 Å². The first-order chi connectivity index (χ1) is 6.61. The van der Waals surface area contributed by atoms with Crippen LogP contribution in [0, 0.1) is 0 Å². The standard InChI is InChI=1S/C8H11BrN4O/c1-2-7-12-5(9)3-8(13-7)11-4-6(10)14/h3H,2,4H2,1H3,(H2,10,14)(H,11,12,13). The molecule has 0 bridgehead atoms. The van der Waals surface area contributed by atoms with Crippen LogP contribution in [0.5, 0.6) is 0 Å². The molecule has 5 nitrogen and oxygen atoms in total. The minimum Gasteiger partial charge on any atom is -0.368 e. The number of carbonyl (C=O) groups excluding carboxylic acids is 1. The van der Waals surface area contributed by atoms with Crippen LogP contribution in [0.15, 0.2) is 10.7 Å². The molecule has 1 aromatic rings. The Bertz CT molecular complexity index is 342. The second-order valence-electron chi connectivity index (χ2n) is 2.67. The van der Waals surface area contributed by atoms with Crippen LogP contribution < -0.4 is 11.1 Å². The second kappa shape index (κ2) is 4.90. The van der Waals surface area contributed by atoms with Crippen LogP contribution in [0.3, 0.4) is 0 Å². The molecule has 76 valence electrons. The molecule has 0 fully saturated rings. The highest BCUT2D eigenvalue weighted by Gasteiger charge is 2.01. The van der Waals surface area contributed by atoms with Crippen LogP contribution in [0.2, 0.25) is 0 Å². The summed E-state index contributed by atoms with van der Waals surface area (Å²) in [5.74, 6) is 0.895. The molecule has 0 aromatic carbocycles. The number of nitrogens with zero attached hydrogens (tertiary/aromatic N) is 2. The molecule has 0 aliphatic carbocycles. The van der Waals surface area contributed by atoms with E-state index in [-0.39, 0.29) is 6.54 Å². The van der Waals surface area contributed by atoms with Crippen molar-refractivity contribution in [2.24, 2.45) is 5.73 Å². The molecule has 1 heterocycles. The maximum absolute atomic E-state index is 10.5. The number of anilines is 1. The number of nitrogens with one attached hydrogen (secondary N) is 1. The fourth-order valence-corrected chi connectivity index (χ4v) is 1.31. The zero-order valence-electron chi connectivity index (χ0n) is 7.75. The van der Waals surface area contributed by atoms with Gasteiger partial charge in [-0.2, -0.15) is 0 Å². The lowest BCUT2D eigenvalue weighted by molar-refractivity contribution is -0.116. The largest absolute Gasteiger partial charge is 0.368 e. The Hall–Kier alpha value is -1.17. The van der Waals surface area contributed by atoms with Crippen molar-refractivity contribution in [2.75, 3.05) is 11.9 Å². The third-order valence-electron chi connectivity index (χ3n) is 1.50. The van der Waals surface area contributed by atoms with Crippen molar-refractivity contribution in [3.05, 3.63) is 16.5 Å². The Morgan fingerprint density at radius 1 is 1.64 bits per heavy atom. The van der Waals surface area contributed by atoms with E-state index in [1.54, 1.807) is 6.07 Å². The number of primary amides is 1. The molecule has 6 heteroatoms. The summed E-state index contributed by atoms with van der Waals surface area (Å²) >= 11 is 3.25. The van der Waals surface area contributed by atoms with E-state index in [9.17, 15) is 4.79 Å². The van der Waals surface area contributed by atoms with E-state index in [1.165, 1.54) is 0 Å². The van der Waals surface area contributed by atoms with Crippen LogP contribution >= 0.6 is 15.9 Å². The molecule has 3 N–H and O–H groups in total. The van der Waals surface area contributed by atoms with E-state index in [0.29, 0.717) is 16.2 Å². The number of rotatable bonds is 4. The second-order valence-corrected chi connectivity index (χ2v) is 3.48. The Kier molecular flexibility index (Phi) is 3.82. The van der Waals surface area contributed by atoms with Gasteiger partial charge in [0.25, 0.3) is 0 Å². The zero-order chi connectivity index (χ0) is 10.6. The lowest BCUT2D eigenvalue weighted by Gasteiger charge is -2.04. The summed E-state index contributed by atoms with van der Waals surface area (Å²) in [5, 5.41) is 2.80. The van der Waals surface area contributed by atoms with Crippen LogP contribution in [0.25, 0.3) is 0 Å². The Balaban J connectivity index is 2.76. The van der Waals surface area contributed by atoms with Gasteiger partial charge in [0, 0.05) is 12.5 Å². The van der Waals surface area contributed by atoms with E-state index in [4.69, 9.17) is 5.73 Å². The first kappa shape index (κ1) is 10.9. The van der Waals surface area contributed by atoms with E-state index >= 15 is 0 Å². The summed E-state index contributed by atoms with van der Waals surface area (Å²) in [6.07, 6.45) is 0.741. The number of aryl methyl sites for hydroxylation is 1. The number of nitrogens with two attached hydrogens (primary N) is 1. The predicted octanol–water partition coefficient (Wildman–Crippen LogP) is 0.699. The molecule has 0 aliphatic heterocycles. The molecule has 0 spiro atoms. The van der Waals surface area contributed by atoms with Crippen molar-refractivity contribution in [2.45, 2.75) is 13.3 Å². The van der Waals surface area contributed by atoms with Crippen LogP contribution in [0.1, 0.15) is 12.7 Å². The summed E-state index contributed by atoms with van der Waals surface area (Å²) in [5.41, 5.74) is 4.99. The summed E-state index contributed by atoms with van der Waals surface area (Å²) < 4.78 is 0.691. The molecule has 14 heavy (non-hydrogen) atoms. The van der Waals surface area contributed by atoms with Gasteiger partial charge in [-0.15, -0.1) is 0 Å². The van der Waals surface area contributed by atoms with E-state index in [1.807, 2.05) is 6.92 Å². The van der Waals surface area contributed by atoms with Crippen molar-refractivity contribution in [3.8, 4) is 0 Å². The fourth-order valence-electron chi connectivity index (χ4n) is 0.891.